The topological polar surface area (TPSA) is 145 Å². The molecule has 4 rings (SSSR count). The third-order valence-electron chi connectivity index (χ3n) is 6.01. The molecule has 0 saturated carbocycles. The number of phenolic OH excluding ortho intramolecular Hbond substituents is 2. The van der Waals surface area contributed by atoms with Gasteiger partial charge in [-0.1, -0.05) is 6.92 Å². The summed E-state index contributed by atoms with van der Waals surface area (Å²) in [6, 6.07) is 16.1. The number of aromatic hydroxyl groups is 2. The third kappa shape index (κ3) is 5.28. The van der Waals surface area contributed by atoms with Gasteiger partial charge in [-0.05, 0) is 67.1 Å². The zero-order valence-electron chi connectivity index (χ0n) is 21.3. The fraction of sp³-hybridized carbons (Fsp3) is 0.185. The van der Waals surface area contributed by atoms with E-state index in [0.29, 0.717) is 39.1 Å². The Bertz CT molecular complexity index is 1680. The molecule has 0 aliphatic heterocycles. The lowest BCUT2D eigenvalue weighted by molar-refractivity contribution is 0.412. The van der Waals surface area contributed by atoms with Gasteiger partial charge in [0.05, 0.1) is 29.1 Å². The summed E-state index contributed by atoms with van der Waals surface area (Å²) in [7, 11) is -0.0754. The Hall–Kier alpha value is -4.51. The molecule has 11 heteroatoms. The van der Waals surface area contributed by atoms with Crippen molar-refractivity contribution < 1.29 is 23.4 Å². The van der Waals surface area contributed by atoms with Crippen molar-refractivity contribution in [3.63, 3.8) is 0 Å². The van der Waals surface area contributed by atoms with Crippen molar-refractivity contribution in [2.75, 3.05) is 25.2 Å². The first kappa shape index (κ1) is 26.6. The third-order valence-corrected chi connectivity index (χ3v) is 7.74. The van der Waals surface area contributed by atoms with Crippen molar-refractivity contribution in [3.8, 4) is 17.2 Å². The van der Waals surface area contributed by atoms with Crippen molar-refractivity contribution in [1.82, 2.24) is 0 Å². The van der Waals surface area contributed by atoms with Crippen molar-refractivity contribution in [1.29, 1.82) is 0 Å². The Morgan fingerprint density at radius 1 is 0.842 bits per heavy atom. The molecule has 196 valence electrons. The molecule has 3 N–H and O–H groups in total. The van der Waals surface area contributed by atoms with Crippen molar-refractivity contribution >= 4 is 49.0 Å². The van der Waals surface area contributed by atoms with Crippen LogP contribution < -0.4 is 10.1 Å². The van der Waals surface area contributed by atoms with Gasteiger partial charge in [0.2, 0.25) is 0 Å². The van der Waals surface area contributed by atoms with Crippen LogP contribution in [0.15, 0.2) is 86.0 Å². The molecule has 0 saturated heterocycles. The normalized spacial score (nSPS) is 12.0. The highest BCUT2D eigenvalue weighted by Crippen LogP contribution is 2.43. The molecule has 38 heavy (non-hydrogen) atoms. The van der Waals surface area contributed by atoms with Crippen LogP contribution in [-0.2, 0) is 9.84 Å². The Kier molecular flexibility index (Phi) is 7.58. The molecule has 0 spiro atoms. The number of methoxy groups -OCH3 is 1. The van der Waals surface area contributed by atoms with E-state index in [2.05, 4.69) is 25.8 Å². The molecule has 4 aromatic rings. The number of fused-ring (bicyclic) bond motifs is 1. The standard InChI is InChI=1S/C27H27N5O5S/c1-5-38(35,36)18-7-10-21(16(2)14-18)29-32-26-19-8-12-23(27(34)20(19)9-11-22(26)28-3)30-31-24-15-17(37-4)6-13-25(24)33/h6-15,28,33-34H,5H2,1-4H3. The van der Waals surface area contributed by atoms with Gasteiger partial charge in [-0.25, -0.2) is 8.42 Å². The van der Waals surface area contributed by atoms with Crippen LogP contribution in [0.3, 0.4) is 0 Å². The SMILES string of the molecule is CCS(=O)(=O)c1ccc(N=Nc2c(NC)ccc3c(O)c(N=Nc4cc(OC)ccc4O)ccc23)c(C)c1. The van der Waals surface area contributed by atoms with Crippen LogP contribution in [0.1, 0.15) is 12.5 Å². The largest absolute Gasteiger partial charge is 0.506 e. The number of hydrogen-bond donors (Lipinski definition) is 3. The van der Waals surface area contributed by atoms with E-state index in [0.717, 1.165) is 0 Å². The number of azo groups is 2. The number of hydrogen-bond acceptors (Lipinski definition) is 10. The minimum atomic E-state index is -3.33. The minimum Gasteiger partial charge on any atom is -0.506 e. The van der Waals surface area contributed by atoms with E-state index < -0.39 is 9.84 Å². The zero-order valence-corrected chi connectivity index (χ0v) is 22.1. The van der Waals surface area contributed by atoms with Crippen LogP contribution in [0.2, 0.25) is 0 Å². The average Bonchev–Trinajstić information content (AvgIpc) is 2.92. The average molecular weight is 534 g/mol. The summed E-state index contributed by atoms with van der Waals surface area (Å²) >= 11 is 0. The van der Waals surface area contributed by atoms with Crippen molar-refractivity contribution in [2.24, 2.45) is 20.5 Å². The Labute approximate surface area is 220 Å². The molecule has 0 aliphatic carbocycles. The molecule has 0 fully saturated rings. The van der Waals surface area contributed by atoms with Crippen LogP contribution in [0.4, 0.5) is 28.4 Å². The highest BCUT2D eigenvalue weighted by atomic mass is 32.2. The molecular formula is C27H27N5O5S. The highest BCUT2D eigenvalue weighted by molar-refractivity contribution is 7.91. The van der Waals surface area contributed by atoms with Crippen molar-refractivity contribution in [2.45, 2.75) is 18.7 Å². The first-order chi connectivity index (χ1) is 18.2. The second kappa shape index (κ2) is 10.9. The molecule has 0 heterocycles. The number of nitrogens with one attached hydrogen (secondary N) is 1. The Morgan fingerprint density at radius 3 is 2.21 bits per heavy atom. The van der Waals surface area contributed by atoms with E-state index in [9.17, 15) is 18.6 Å². The van der Waals surface area contributed by atoms with E-state index >= 15 is 0 Å². The molecule has 0 aromatic heterocycles. The number of aryl methyl sites for hydroxylation is 1. The maximum atomic E-state index is 12.2. The predicted octanol–water partition coefficient (Wildman–Crippen LogP) is 7.23. The van der Waals surface area contributed by atoms with Crippen LogP contribution in [0, 0.1) is 6.92 Å². The van der Waals surface area contributed by atoms with E-state index in [1.54, 1.807) is 63.4 Å². The van der Waals surface area contributed by atoms with Gasteiger partial charge in [-0.2, -0.15) is 5.11 Å². The number of rotatable bonds is 8. The zero-order chi connectivity index (χ0) is 27.4. The van der Waals surface area contributed by atoms with Gasteiger partial charge in [0.1, 0.15) is 28.6 Å². The maximum Gasteiger partial charge on any atom is 0.178 e. The summed E-state index contributed by atoms with van der Waals surface area (Å²) in [6.45, 7) is 3.37. The fourth-order valence-corrected chi connectivity index (χ4v) is 4.74. The lowest BCUT2D eigenvalue weighted by Crippen LogP contribution is -2.03. The fourth-order valence-electron chi connectivity index (χ4n) is 3.77. The molecule has 0 bridgehead atoms. The molecular weight excluding hydrogens is 506 g/mol. The summed E-state index contributed by atoms with van der Waals surface area (Å²) in [4.78, 5) is 0.242. The number of anilines is 1. The molecule has 0 atom stereocenters. The smallest absolute Gasteiger partial charge is 0.178 e. The second-order valence-electron chi connectivity index (χ2n) is 8.35. The van der Waals surface area contributed by atoms with E-state index in [-0.39, 0.29) is 33.5 Å². The first-order valence-electron chi connectivity index (χ1n) is 11.7. The van der Waals surface area contributed by atoms with Gasteiger partial charge in [-0.3, -0.25) is 0 Å². The highest BCUT2D eigenvalue weighted by Gasteiger charge is 2.15. The van der Waals surface area contributed by atoms with Crippen molar-refractivity contribution in [3.05, 3.63) is 66.2 Å². The lowest BCUT2D eigenvalue weighted by atomic mass is 10.1. The van der Waals surface area contributed by atoms with Crippen LogP contribution >= 0.6 is 0 Å². The molecule has 0 unspecified atom stereocenters. The maximum absolute atomic E-state index is 12.2. The molecule has 10 nitrogen and oxygen atoms in total. The predicted molar refractivity (Wildman–Crippen MR) is 147 cm³/mol. The summed E-state index contributed by atoms with van der Waals surface area (Å²) in [5.74, 6) is 0.330. The number of nitrogens with zero attached hydrogens (tertiary/aromatic N) is 4. The number of benzene rings is 4. The molecule has 0 amide bonds. The Balaban J connectivity index is 1.73. The van der Waals surface area contributed by atoms with Gasteiger partial charge in [0.15, 0.2) is 15.6 Å². The summed E-state index contributed by atoms with van der Waals surface area (Å²) in [6.07, 6.45) is 0. The van der Waals surface area contributed by atoms with Gasteiger partial charge >= 0.3 is 0 Å². The Morgan fingerprint density at radius 2 is 1.53 bits per heavy atom. The van der Waals surface area contributed by atoms with Gasteiger partial charge in [-0.15, -0.1) is 15.3 Å². The summed E-state index contributed by atoms with van der Waals surface area (Å²) < 4.78 is 29.5. The number of ether oxygens (including phenoxy) is 1. The number of phenols is 2. The van der Waals surface area contributed by atoms with Gasteiger partial charge in [0.25, 0.3) is 0 Å². The van der Waals surface area contributed by atoms with Crippen LogP contribution in [-0.4, -0.2) is 38.5 Å². The first-order valence-corrected chi connectivity index (χ1v) is 13.3. The second-order valence-corrected chi connectivity index (χ2v) is 10.6. The van der Waals surface area contributed by atoms with E-state index in [4.69, 9.17) is 4.74 Å². The summed E-state index contributed by atoms with van der Waals surface area (Å²) in [5.41, 5.74) is 2.74. The minimum absolute atomic E-state index is 0.0145. The monoisotopic (exact) mass is 533 g/mol. The molecule has 4 aromatic carbocycles. The molecule has 0 radical (unpaired) electrons. The lowest BCUT2D eigenvalue weighted by Gasteiger charge is -2.11. The van der Waals surface area contributed by atoms with E-state index in [1.165, 1.54) is 25.3 Å². The van der Waals surface area contributed by atoms with Gasteiger partial charge < -0.3 is 20.3 Å². The van der Waals surface area contributed by atoms with Crippen LogP contribution in [0.5, 0.6) is 17.2 Å². The quantitative estimate of drug-likeness (QED) is 0.204. The molecule has 0 aliphatic rings. The van der Waals surface area contributed by atoms with Gasteiger partial charge in [0, 0.05) is 23.9 Å². The van der Waals surface area contributed by atoms with E-state index in [1.807, 2.05) is 0 Å². The van der Waals surface area contributed by atoms with Crippen LogP contribution in [0.25, 0.3) is 10.8 Å². The number of sulfone groups is 1. The summed E-state index contributed by atoms with van der Waals surface area (Å²) in [5, 5.41) is 42.2.